The lowest BCUT2D eigenvalue weighted by Crippen LogP contribution is -2.05. The van der Waals surface area contributed by atoms with E-state index in [0.717, 1.165) is 40.6 Å². The fourth-order valence-corrected chi connectivity index (χ4v) is 3.99. The Labute approximate surface area is 162 Å². The summed E-state index contributed by atoms with van der Waals surface area (Å²) in [6.07, 6.45) is 2.18. The monoisotopic (exact) mass is 383 g/mol. The lowest BCUT2D eigenvalue weighted by Gasteiger charge is -2.12. The molecule has 4 rings (SSSR count). The molecular weight excluding hydrogens is 361 g/mol. The van der Waals surface area contributed by atoms with Crippen molar-refractivity contribution in [1.29, 1.82) is 0 Å². The van der Waals surface area contributed by atoms with Crippen molar-refractivity contribution in [3.05, 3.63) is 59.4 Å². The van der Waals surface area contributed by atoms with Gasteiger partial charge in [0.05, 0.1) is 12.2 Å². The van der Waals surface area contributed by atoms with Crippen LogP contribution in [0.15, 0.2) is 47.6 Å². The third-order valence-electron chi connectivity index (χ3n) is 4.66. The molecule has 6 heteroatoms. The molecule has 1 aromatic heterocycles. The van der Waals surface area contributed by atoms with Crippen LogP contribution in [0.3, 0.4) is 0 Å². The van der Waals surface area contributed by atoms with E-state index in [2.05, 4.69) is 40.7 Å². The number of rotatable bonds is 7. The number of ether oxygens (including phenoxy) is 1. The number of aromatic nitrogens is 3. The highest BCUT2D eigenvalue weighted by Crippen LogP contribution is 2.41. The highest BCUT2D eigenvalue weighted by molar-refractivity contribution is 7.99. The minimum absolute atomic E-state index is 0.262. The fourth-order valence-electron chi connectivity index (χ4n) is 3.17. The van der Waals surface area contributed by atoms with E-state index in [1.807, 2.05) is 12.1 Å². The van der Waals surface area contributed by atoms with Gasteiger partial charge in [0.2, 0.25) is 0 Å². The van der Waals surface area contributed by atoms with Crippen molar-refractivity contribution in [2.24, 2.45) is 0 Å². The van der Waals surface area contributed by atoms with Gasteiger partial charge in [-0.25, -0.2) is 4.39 Å². The zero-order valence-electron chi connectivity index (χ0n) is 15.5. The van der Waals surface area contributed by atoms with Crippen molar-refractivity contribution < 1.29 is 9.13 Å². The predicted molar refractivity (Wildman–Crippen MR) is 106 cm³/mol. The lowest BCUT2D eigenvalue weighted by atomic mass is 10.1. The van der Waals surface area contributed by atoms with E-state index in [-0.39, 0.29) is 5.82 Å². The van der Waals surface area contributed by atoms with Crippen LogP contribution in [0.25, 0.3) is 11.4 Å². The molecule has 1 aliphatic rings. The largest absolute Gasteiger partial charge is 0.492 e. The van der Waals surface area contributed by atoms with Gasteiger partial charge in [-0.1, -0.05) is 42.1 Å². The van der Waals surface area contributed by atoms with Gasteiger partial charge in [0.15, 0.2) is 11.0 Å². The van der Waals surface area contributed by atoms with Crippen molar-refractivity contribution in [3.8, 4) is 17.1 Å². The first-order valence-electron chi connectivity index (χ1n) is 9.17. The molecule has 0 radical (unpaired) electrons. The van der Waals surface area contributed by atoms with E-state index in [1.54, 1.807) is 23.9 Å². The number of nitrogens with zero attached hydrogens (tertiary/aromatic N) is 3. The average molecular weight is 383 g/mol. The summed E-state index contributed by atoms with van der Waals surface area (Å²) in [4.78, 5) is 0. The SMILES string of the molecule is Cc1cccc(C)c1OCCSc1nnc(-c2ccccc2F)n1C1CC1. The van der Waals surface area contributed by atoms with E-state index in [0.29, 0.717) is 24.0 Å². The van der Waals surface area contributed by atoms with Gasteiger partial charge in [0.25, 0.3) is 0 Å². The summed E-state index contributed by atoms with van der Waals surface area (Å²) in [6.45, 7) is 4.70. The first-order chi connectivity index (χ1) is 13.1. The van der Waals surface area contributed by atoms with Crippen molar-refractivity contribution in [3.63, 3.8) is 0 Å². The number of halogens is 1. The molecule has 1 aliphatic carbocycles. The first-order valence-corrected chi connectivity index (χ1v) is 10.2. The maximum Gasteiger partial charge on any atom is 0.191 e. The third-order valence-corrected chi connectivity index (χ3v) is 5.57. The second-order valence-electron chi connectivity index (χ2n) is 6.81. The first kappa shape index (κ1) is 18.0. The van der Waals surface area contributed by atoms with Gasteiger partial charge >= 0.3 is 0 Å². The van der Waals surface area contributed by atoms with Crippen LogP contribution in [0.5, 0.6) is 5.75 Å². The summed E-state index contributed by atoms with van der Waals surface area (Å²) < 4.78 is 22.3. The minimum atomic E-state index is -0.262. The van der Waals surface area contributed by atoms with Gasteiger partial charge in [0.1, 0.15) is 11.6 Å². The summed E-state index contributed by atoms with van der Waals surface area (Å²) in [5, 5.41) is 9.45. The van der Waals surface area contributed by atoms with Crippen LogP contribution in [0.1, 0.15) is 30.0 Å². The number of thioether (sulfide) groups is 1. The summed E-state index contributed by atoms with van der Waals surface area (Å²) in [6, 6.07) is 13.3. The molecule has 0 bridgehead atoms. The molecule has 1 heterocycles. The molecule has 0 amide bonds. The molecular formula is C21H22FN3OS. The summed E-state index contributed by atoms with van der Waals surface area (Å²) in [5.74, 6) is 2.07. The van der Waals surface area contributed by atoms with Gasteiger partial charge in [-0.3, -0.25) is 4.57 Å². The third kappa shape index (κ3) is 3.86. The van der Waals surface area contributed by atoms with E-state index < -0.39 is 0 Å². The Morgan fingerprint density at radius 3 is 2.52 bits per heavy atom. The molecule has 0 N–H and O–H groups in total. The van der Waals surface area contributed by atoms with E-state index in [4.69, 9.17) is 4.74 Å². The number of para-hydroxylation sites is 1. The molecule has 4 nitrogen and oxygen atoms in total. The molecule has 140 valence electrons. The normalized spacial score (nSPS) is 13.7. The molecule has 0 aliphatic heterocycles. The molecule has 0 spiro atoms. The zero-order chi connectivity index (χ0) is 18.8. The molecule has 1 fully saturated rings. The van der Waals surface area contributed by atoms with Crippen molar-refractivity contribution in [2.45, 2.75) is 37.9 Å². The van der Waals surface area contributed by atoms with Crippen LogP contribution >= 0.6 is 11.8 Å². The van der Waals surface area contributed by atoms with Crippen molar-refractivity contribution in [2.75, 3.05) is 12.4 Å². The Bertz CT molecular complexity index is 932. The van der Waals surface area contributed by atoms with Crippen LogP contribution in [0, 0.1) is 19.7 Å². The van der Waals surface area contributed by atoms with Crippen LogP contribution in [0.4, 0.5) is 4.39 Å². The standard InChI is InChI=1S/C21H22FN3OS/c1-14-6-5-7-15(2)19(14)26-12-13-27-21-24-23-20(25(21)16-10-11-16)17-8-3-4-9-18(17)22/h3-9,16H,10-13H2,1-2H3. The number of benzene rings is 2. The van der Waals surface area contributed by atoms with Gasteiger partial charge in [-0.2, -0.15) is 0 Å². The van der Waals surface area contributed by atoms with Crippen molar-refractivity contribution >= 4 is 11.8 Å². The highest BCUT2D eigenvalue weighted by atomic mass is 32.2. The van der Waals surface area contributed by atoms with E-state index in [9.17, 15) is 4.39 Å². The molecule has 0 saturated heterocycles. The van der Waals surface area contributed by atoms with Crippen molar-refractivity contribution in [1.82, 2.24) is 14.8 Å². The Balaban J connectivity index is 1.46. The molecule has 2 aromatic carbocycles. The van der Waals surface area contributed by atoms with Gasteiger partial charge in [-0.15, -0.1) is 10.2 Å². The summed E-state index contributed by atoms with van der Waals surface area (Å²) in [5.41, 5.74) is 2.79. The second kappa shape index (κ2) is 7.72. The Kier molecular flexibility index (Phi) is 5.16. The summed E-state index contributed by atoms with van der Waals surface area (Å²) in [7, 11) is 0. The van der Waals surface area contributed by atoms with E-state index >= 15 is 0 Å². The Morgan fingerprint density at radius 1 is 1.07 bits per heavy atom. The van der Waals surface area contributed by atoms with Crippen LogP contribution in [-0.4, -0.2) is 27.1 Å². The molecule has 0 unspecified atom stereocenters. The van der Waals surface area contributed by atoms with Gasteiger partial charge < -0.3 is 4.74 Å². The molecule has 0 atom stereocenters. The molecule has 27 heavy (non-hydrogen) atoms. The maximum atomic E-state index is 14.2. The van der Waals surface area contributed by atoms with Crippen LogP contribution in [0.2, 0.25) is 0 Å². The molecule has 1 saturated carbocycles. The second-order valence-corrected chi connectivity index (χ2v) is 7.87. The highest BCUT2D eigenvalue weighted by Gasteiger charge is 2.30. The smallest absolute Gasteiger partial charge is 0.191 e. The van der Waals surface area contributed by atoms with Gasteiger partial charge in [-0.05, 0) is 49.9 Å². The number of hydrogen-bond acceptors (Lipinski definition) is 4. The Hall–Kier alpha value is -2.34. The zero-order valence-corrected chi connectivity index (χ0v) is 16.3. The summed E-state index contributed by atoms with van der Waals surface area (Å²) >= 11 is 1.61. The number of aryl methyl sites for hydroxylation is 2. The quantitative estimate of drug-likeness (QED) is 0.415. The van der Waals surface area contributed by atoms with Gasteiger partial charge in [0, 0.05) is 11.8 Å². The van der Waals surface area contributed by atoms with E-state index in [1.165, 1.54) is 6.07 Å². The minimum Gasteiger partial charge on any atom is -0.492 e. The topological polar surface area (TPSA) is 39.9 Å². The lowest BCUT2D eigenvalue weighted by molar-refractivity contribution is 0.339. The maximum absolute atomic E-state index is 14.2. The Morgan fingerprint density at radius 2 is 1.81 bits per heavy atom. The predicted octanol–water partition coefficient (Wildman–Crippen LogP) is 5.21. The fraction of sp³-hybridized carbons (Fsp3) is 0.333. The molecule has 3 aromatic rings. The van der Waals surface area contributed by atoms with Crippen LogP contribution in [-0.2, 0) is 0 Å². The average Bonchev–Trinajstić information content (AvgIpc) is 3.41. The number of hydrogen-bond donors (Lipinski definition) is 0. The van der Waals surface area contributed by atoms with Crippen LogP contribution < -0.4 is 4.74 Å².